The molecule has 0 spiro atoms. The van der Waals surface area contributed by atoms with Crippen LogP contribution in [0.4, 0.5) is 8.78 Å². The lowest BCUT2D eigenvalue weighted by molar-refractivity contribution is 0.170. The van der Waals surface area contributed by atoms with E-state index in [1.807, 2.05) is 13.8 Å². The largest absolute Gasteiger partial charge is 0.394 e. The zero-order valence-corrected chi connectivity index (χ0v) is 10.4. The topological polar surface area (TPSA) is 32.3 Å². The lowest BCUT2D eigenvalue weighted by Crippen LogP contribution is -2.44. The maximum atomic E-state index is 13.2. The maximum Gasteiger partial charge on any atom is 0.159 e. The van der Waals surface area contributed by atoms with Crippen molar-refractivity contribution in [1.29, 1.82) is 0 Å². The summed E-state index contributed by atoms with van der Waals surface area (Å²) in [6.45, 7) is 6.36. The molecule has 1 aromatic carbocycles. The van der Waals surface area contributed by atoms with E-state index >= 15 is 0 Å². The van der Waals surface area contributed by atoms with Crippen LogP contribution >= 0.6 is 0 Å². The van der Waals surface area contributed by atoms with Crippen molar-refractivity contribution in [1.82, 2.24) is 5.32 Å². The smallest absolute Gasteiger partial charge is 0.159 e. The molecule has 1 aromatic rings. The fraction of sp³-hybridized carbons (Fsp3) is 0.538. The third kappa shape index (κ3) is 3.48. The van der Waals surface area contributed by atoms with Crippen LogP contribution in [-0.4, -0.2) is 18.3 Å². The summed E-state index contributed by atoms with van der Waals surface area (Å²) < 4.78 is 26.0. The van der Waals surface area contributed by atoms with Crippen LogP contribution in [0.5, 0.6) is 0 Å². The van der Waals surface area contributed by atoms with Gasteiger partial charge in [0.2, 0.25) is 0 Å². The Kier molecular flexibility index (Phi) is 4.60. The van der Waals surface area contributed by atoms with E-state index in [1.54, 1.807) is 6.92 Å². The maximum absolute atomic E-state index is 13.2. The quantitative estimate of drug-likeness (QED) is 0.832. The predicted molar refractivity (Wildman–Crippen MR) is 63.6 cm³/mol. The van der Waals surface area contributed by atoms with E-state index in [9.17, 15) is 13.9 Å². The second kappa shape index (κ2) is 5.56. The highest BCUT2D eigenvalue weighted by molar-refractivity contribution is 5.25. The number of hydrogen-bond donors (Lipinski definition) is 2. The van der Waals surface area contributed by atoms with Gasteiger partial charge in [0.05, 0.1) is 12.1 Å². The zero-order chi connectivity index (χ0) is 13.1. The van der Waals surface area contributed by atoms with Crippen LogP contribution < -0.4 is 5.32 Å². The zero-order valence-electron chi connectivity index (χ0n) is 10.4. The van der Waals surface area contributed by atoms with Gasteiger partial charge in [-0.1, -0.05) is 19.9 Å². The molecule has 0 saturated heterocycles. The number of hydrogen-bond acceptors (Lipinski definition) is 2. The van der Waals surface area contributed by atoms with Gasteiger partial charge in [-0.15, -0.1) is 0 Å². The molecule has 0 saturated carbocycles. The van der Waals surface area contributed by atoms with E-state index in [-0.39, 0.29) is 6.61 Å². The van der Waals surface area contributed by atoms with E-state index in [0.717, 1.165) is 12.1 Å². The summed E-state index contributed by atoms with van der Waals surface area (Å²) in [6.07, 6.45) is 0. The van der Waals surface area contributed by atoms with Crippen molar-refractivity contribution in [2.45, 2.75) is 26.3 Å². The number of benzene rings is 1. The predicted octanol–water partition coefficient (Wildman–Crippen LogP) is 2.42. The number of aliphatic hydroxyl groups excluding tert-OH is 1. The average Bonchev–Trinajstić information content (AvgIpc) is 2.29. The average molecular weight is 243 g/mol. The van der Waals surface area contributed by atoms with Crippen LogP contribution in [0.3, 0.4) is 0 Å². The summed E-state index contributed by atoms with van der Waals surface area (Å²) >= 11 is 0. The van der Waals surface area contributed by atoms with Crippen molar-refractivity contribution in [2.24, 2.45) is 5.92 Å². The van der Waals surface area contributed by atoms with Crippen LogP contribution in [0.25, 0.3) is 0 Å². The van der Waals surface area contributed by atoms with Crippen molar-refractivity contribution in [2.75, 3.05) is 13.2 Å². The van der Waals surface area contributed by atoms with E-state index < -0.39 is 17.2 Å². The summed E-state index contributed by atoms with van der Waals surface area (Å²) in [7, 11) is 0. The van der Waals surface area contributed by atoms with Gasteiger partial charge in [-0.05, 0) is 37.1 Å². The normalized spacial score (nSPS) is 15.0. The minimum absolute atomic E-state index is 0.176. The van der Waals surface area contributed by atoms with Crippen LogP contribution in [0.2, 0.25) is 0 Å². The molecular weight excluding hydrogens is 224 g/mol. The highest BCUT2D eigenvalue weighted by atomic mass is 19.2. The molecule has 0 amide bonds. The molecule has 4 heteroatoms. The van der Waals surface area contributed by atoms with Gasteiger partial charge >= 0.3 is 0 Å². The Morgan fingerprint density at radius 3 is 2.41 bits per heavy atom. The highest BCUT2D eigenvalue weighted by Crippen LogP contribution is 2.22. The molecule has 0 radical (unpaired) electrons. The van der Waals surface area contributed by atoms with E-state index in [1.165, 1.54) is 6.07 Å². The Morgan fingerprint density at radius 2 is 1.94 bits per heavy atom. The molecule has 0 aliphatic rings. The summed E-state index contributed by atoms with van der Waals surface area (Å²) in [5, 5.41) is 12.6. The fourth-order valence-electron chi connectivity index (χ4n) is 1.52. The first-order valence-electron chi connectivity index (χ1n) is 5.70. The standard InChI is InChI=1S/C13H19F2NO/c1-9(2)7-16-13(3,8-17)10-4-5-11(14)12(15)6-10/h4-6,9,16-17H,7-8H2,1-3H3. The monoisotopic (exact) mass is 243 g/mol. The number of aliphatic hydroxyl groups is 1. The van der Waals surface area contributed by atoms with Gasteiger partial charge < -0.3 is 10.4 Å². The van der Waals surface area contributed by atoms with E-state index in [0.29, 0.717) is 18.0 Å². The van der Waals surface area contributed by atoms with Crippen LogP contribution in [0.15, 0.2) is 18.2 Å². The molecule has 96 valence electrons. The Hall–Kier alpha value is -1.00. The Labute approximate surface area is 101 Å². The number of rotatable bonds is 5. The summed E-state index contributed by atoms with van der Waals surface area (Å²) in [5.74, 6) is -1.36. The van der Waals surface area contributed by atoms with E-state index in [4.69, 9.17) is 0 Å². The Morgan fingerprint density at radius 1 is 1.29 bits per heavy atom. The summed E-state index contributed by atoms with van der Waals surface area (Å²) in [6, 6.07) is 3.69. The SMILES string of the molecule is CC(C)CNC(C)(CO)c1ccc(F)c(F)c1. The number of halogens is 2. The van der Waals surface area contributed by atoms with Gasteiger partial charge in [-0.2, -0.15) is 0 Å². The van der Waals surface area contributed by atoms with Crippen LogP contribution in [0, 0.1) is 17.6 Å². The minimum Gasteiger partial charge on any atom is -0.394 e. The number of nitrogens with one attached hydrogen (secondary N) is 1. The molecule has 1 unspecified atom stereocenters. The molecule has 2 nitrogen and oxygen atoms in total. The first-order chi connectivity index (χ1) is 7.89. The molecular formula is C13H19F2NO. The molecule has 17 heavy (non-hydrogen) atoms. The molecule has 0 bridgehead atoms. The third-order valence-corrected chi connectivity index (χ3v) is 2.77. The Bertz CT molecular complexity index is 382. The first kappa shape index (κ1) is 14.1. The van der Waals surface area contributed by atoms with Gasteiger partial charge in [0, 0.05) is 0 Å². The van der Waals surface area contributed by atoms with Gasteiger partial charge in [-0.3, -0.25) is 0 Å². The van der Waals surface area contributed by atoms with Crippen molar-refractivity contribution >= 4 is 0 Å². The second-order valence-electron chi connectivity index (χ2n) is 4.89. The summed E-state index contributed by atoms with van der Waals surface area (Å²) in [4.78, 5) is 0. The molecule has 1 rings (SSSR count). The lowest BCUT2D eigenvalue weighted by atomic mass is 9.92. The lowest BCUT2D eigenvalue weighted by Gasteiger charge is -2.30. The molecule has 0 aliphatic heterocycles. The molecule has 0 heterocycles. The second-order valence-corrected chi connectivity index (χ2v) is 4.89. The molecule has 0 aliphatic carbocycles. The van der Waals surface area contributed by atoms with Crippen molar-refractivity contribution < 1.29 is 13.9 Å². The third-order valence-electron chi connectivity index (χ3n) is 2.77. The minimum atomic E-state index is -0.895. The van der Waals surface area contributed by atoms with Gasteiger partial charge in [-0.25, -0.2) is 8.78 Å². The van der Waals surface area contributed by atoms with E-state index in [2.05, 4.69) is 5.32 Å². The molecule has 2 N–H and O–H groups in total. The molecule has 1 atom stereocenters. The van der Waals surface area contributed by atoms with Crippen molar-refractivity contribution in [3.05, 3.63) is 35.4 Å². The molecule has 0 aromatic heterocycles. The van der Waals surface area contributed by atoms with Gasteiger partial charge in [0.1, 0.15) is 0 Å². The Balaban J connectivity index is 2.94. The fourth-order valence-corrected chi connectivity index (χ4v) is 1.52. The van der Waals surface area contributed by atoms with Gasteiger partial charge in [0.25, 0.3) is 0 Å². The van der Waals surface area contributed by atoms with Crippen LogP contribution in [-0.2, 0) is 5.54 Å². The summed E-state index contributed by atoms with van der Waals surface area (Å²) in [5.41, 5.74) is -0.210. The van der Waals surface area contributed by atoms with Crippen LogP contribution in [0.1, 0.15) is 26.3 Å². The van der Waals surface area contributed by atoms with Crippen molar-refractivity contribution in [3.63, 3.8) is 0 Å². The molecule has 0 fully saturated rings. The highest BCUT2D eigenvalue weighted by Gasteiger charge is 2.26. The van der Waals surface area contributed by atoms with Gasteiger partial charge in [0.15, 0.2) is 11.6 Å². The first-order valence-corrected chi connectivity index (χ1v) is 5.70. The van der Waals surface area contributed by atoms with Crippen molar-refractivity contribution in [3.8, 4) is 0 Å².